The van der Waals surface area contributed by atoms with Gasteiger partial charge in [0, 0.05) is 38.4 Å². The Morgan fingerprint density at radius 3 is 2.65 bits per heavy atom. The molecule has 0 aromatic carbocycles. The van der Waals surface area contributed by atoms with Crippen LogP contribution in [0.25, 0.3) is 5.65 Å². The molecule has 0 amide bonds. The number of halogens is 1. The summed E-state index contributed by atoms with van der Waals surface area (Å²) in [7, 11) is -2.01. The largest absolute Gasteiger partial charge is 0.256 e. The van der Waals surface area contributed by atoms with Gasteiger partial charge in [-0.25, -0.2) is 17.9 Å². The lowest BCUT2D eigenvalue weighted by Gasteiger charge is -2.31. The van der Waals surface area contributed by atoms with Crippen LogP contribution < -0.4 is 0 Å². The third-order valence-electron chi connectivity index (χ3n) is 4.91. The molecule has 3 aromatic heterocycles. The molecule has 0 unspecified atom stereocenters. The molecule has 3 aromatic rings. The van der Waals surface area contributed by atoms with Crippen LogP contribution in [-0.2, 0) is 17.1 Å². The minimum Gasteiger partial charge on any atom is -0.256 e. The van der Waals surface area contributed by atoms with Gasteiger partial charge in [-0.3, -0.25) is 4.68 Å². The van der Waals surface area contributed by atoms with E-state index < -0.39 is 10.0 Å². The van der Waals surface area contributed by atoms with Crippen molar-refractivity contribution in [3.63, 3.8) is 0 Å². The summed E-state index contributed by atoms with van der Waals surface area (Å²) in [5, 5.41) is 8.74. The molecule has 0 radical (unpaired) electrons. The fourth-order valence-electron chi connectivity index (χ4n) is 3.45. The van der Waals surface area contributed by atoms with E-state index in [1.165, 1.54) is 15.2 Å². The second kappa shape index (κ2) is 6.33. The normalized spacial score (nSPS) is 17.2. The third-order valence-corrected chi connectivity index (χ3v) is 7.37. The van der Waals surface area contributed by atoms with Crippen molar-refractivity contribution in [1.82, 2.24) is 28.7 Å². The number of hydrogen-bond acceptors (Lipinski definition) is 5. The van der Waals surface area contributed by atoms with Gasteiger partial charge >= 0.3 is 0 Å². The van der Waals surface area contributed by atoms with E-state index in [-0.39, 0.29) is 16.0 Å². The van der Waals surface area contributed by atoms with Gasteiger partial charge in [-0.05, 0) is 31.4 Å². The summed E-state index contributed by atoms with van der Waals surface area (Å²) >= 11 is 6.08. The molecule has 0 N–H and O–H groups in total. The van der Waals surface area contributed by atoms with Gasteiger partial charge in [0.15, 0.2) is 5.65 Å². The van der Waals surface area contributed by atoms with Crippen LogP contribution in [0.4, 0.5) is 0 Å². The number of aryl methyl sites for hydroxylation is 2. The van der Waals surface area contributed by atoms with E-state index >= 15 is 0 Å². The Morgan fingerprint density at radius 2 is 2.00 bits per heavy atom. The van der Waals surface area contributed by atoms with Crippen LogP contribution in [0.2, 0.25) is 5.15 Å². The average Bonchev–Trinajstić information content (AvgIpc) is 3.21. The molecule has 1 saturated heterocycles. The first kappa shape index (κ1) is 17.4. The summed E-state index contributed by atoms with van der Waals surface area (Å²) < 4.78 is 30.3. The van der Waals surface area contributed by atoms with Crippen molar-refractivity contribution in [2.45, 2.75) is 30.6 Å². The van der Waals surface area contributed by atoms with Gasteiger partial charge in [0.25, 0.3) is 0 Å². The summed E-state index contributed by atoms with van der Waals surface area (Å²) in [5.41, 5.74) is 2.91. The first-order valence-corrected chi connectivity index (χ1v) is 10.2. The summed E-state index contributed by atoms with van der Waals surface area (Å²) in [6.07, 6.45) is 6.28. The number of aromatic nitrogens is 5. The van der Waals surface area contributed by atoms with E-state index in [2.05, 4.69) is 15.2 Å². The van der Waals surface area contributed by atoms with Gasteiger partial charge in [0.2, 0.25) is 10.0 Å². The third kappa shape index (κ3) is 2.80. The highest BCUT2D eigenvalue weighted by Gasteiger charge is 2.33. The zero-order chi connectivity index (χ0) is 18.5. The Bertz CT molecular complexity index is 1070. The van der Waals surface area contributed by atoms with Gasteiger partial charge in [-0.15, -0.1) is 0 Å². The molecule has 26 heavy (non-hydrogen) atoms. The Balaban J connectivity index is 1.55. The molecule has 1 aliphatic heterocycles. The molecular formula is C16H19ClN6O2S. The number of sulfonamides is 1. The van der Waals surface area contributed by atoms with E-state index in [4.69, 9.17) is 11.6 Å². The van der Waals surface area contributed by atoms with Crippen molar-refractivity contribution in [2.75, 3.05) is 13.1 Å². The van der Waals surface area contributed by atoms with Crippen LogP contribution in [0.15, 0.2) is 29.6 Å². The SMILES string of the molecule is Cc1cc2nccn2nc1C1CCN(S(=O)(=O)c2cnn(C)c2Cl)CC1. The fraction of sp³-hybridized carbons (Fsp3) is 0.438. The smallest absolute Gasteiger partial charge is 0.247 e. The van der Waals surface area contributed by atoms with Crippen molar-refractivity contribution in [2.24, 2.45) is 7.05 Å². The maximum Gasteiger partial charge on any atom is 0.247 e. The van der Waals surface area contributed by atoms with Gasteiger partial charge in [-0.2, -0.15) is 14.5 Å². The van der Waals surface area contributed by atoms with Crippen molar-refractivity contribution < 1.29 is 8.42 Å². The highest BCUT2D eigenvalue weighted by atomic mass is 35.5. The Labute approximate surface area is 156 Å². The maximum atomic E-state index is 12.8. The number of piperidine rings is 1. The van der Waals surface area contributed by atoms with Gasteiger partial charge in [0.1, 0.15) is 10.0 Å². The zero-order valence-electron chi connectivity index (χ0n) is 14.5. The zero-order valence-corrected chi connectivity index (χ0v) is 16.1. The van der Waals surface area contributed by atoms with Crippen molar-refractivity contribution in [1.29, 1.82) is 0 Å². The van der Waals surface area contributed by atoms with Crippen LogP contribution >= 0.6 is 11.6 Å². The molecule has 138 valence electrons. The van der Waals surface area contributed by atoms with E-state index in [0.29, 0.717) is 25.9 Å². The molecule has 8 nitrogen and oxygen atoms in total. The number of imidazole rings is 1. The van der Waals surface area contributed by atoms with Crippen LogP contribution in [0.3, 0.4) is 0 Å². The summed E-state index contributed by atoms with van der Waals surface area (Å²) in [6.45, 7) is 2.89. The Hall–Kier alpha value is -1.97. The van der Waals surface area contributed by atoms with E-state index in [9.17, 15) is 8.42 Å². The lowest BCUT2D eigenvalue weighted by atomic mass is 9.92. The fourth-order valence-corrected chi connectivity index (χ4v) is 5.33. The highest BCUT2D eigenvalue weighted by molar-refractivity contribution is 7.89. The van der Waals surface area contributed by atoms with Gasteiger partial charge in [0.05, 0.1) is 11.9 Å². The highest BCUT2D eigenvalue weighted by Crippen LogP contribution is 2.32. The first-order valence-electron chi connectivity index (χ1n) is 8.36. The van der Waals surface area contributed by atoms with Crippen LogP contribution in [0.5, 0.6) is 0 Å². The lowest BCUT2D eigenvalue weighted by Crippen LogP contribution is -2.38. The van der Waals surface area contributed by atoms with Crippen LogP contribution in [-0.4, -0.2) is 50.2 Å². The number of nitrogens with zero attached hydrogens (tertiary/aromatic N) is 6. The number of rotatable bonds is 3. The van der Waals surface area contributed by atoms with Crippen molar-refractivity contribution >= 4 is 27.3 Å². The molecule has 0 saturated carbocycles. The van der Waals surface area contributed by atoms with E-state index in [0.717, 1.165) is 16.9 Å². The number of hydrogen-bond donors (Lipinski definition) is 0. The second-order valence-electron chi connectivity index (χ2n) is 6.54. The summed E-state index contributed by atoms with van der Waals surface area (Å²) in [6, 6.07) is 2.01. The number of fused-ring (bicyclic) bond motifs is 1. The quantitative estimate of drug-likeness (QED) is 0.678. The predicted molar refractivity (Wildman–Crippen MR) is 96.7 cm³/mol. The van der Waals surface area contributed by atoms with Gasteiger partial charge in [-0.1, -0.05) is 11.6 Å². The maximum absolute atomic E-state index is 12.8. The molecule has 1 aliphatic rings. The Kier molecular flexibility index (Phi) is 4.25. The van der Waals surface area contributed by atoms with Crippen LogP contribution in [0, 0.1) is 6.92 Å². The molecule has 1 fully saturated rings. The molecule has 10 heteroatoms. The minimum absolute atomic E-state index is 0.0641. The van der Waals surface area contributed by atoms with Crippen molar-refractivity contribution in [3.05, 3.63) is 41.1 Å². The molecule has 4 heterocycles. The van der Waals surface area contributed by atoms with Crippen LogP contribution in [0.1, 0.15) is 30.0 Å². The predicted octanol–water partition coefficient (Wildman–Crippen LogP) is 1.99. The topological polar surface area (TPSA) is 85.4 Å². The summed E-state index contributed by atoms with van der Waals surface area (Å²) in [4.78, 5) is 4.31. The standard InChI is InChI=1S/C16H19ClN6O2S/c1-11-9-14-18-5-8-23(14)20-15(11)12-3-6-22(7-4-12)26(24,25)13-10-19-21(2)16(13)17/h5,8-10,12H,3-4,6-7H2,1-2H3. The lowest BCUT2D eigenvalue weighted by molar-refractivity contribution is 0.315. The molecular weight excluding hydrogens is 376 g/mol. The molecule has 0 spiro atoms. The van der Waals surface area contributed by atoms with E-state index in [1.807, 2.05) is 19.2 Å². The Morgan fingerprint density at radius 1 is 1.27 bits per heavy atom. The molecule has 0 bridgehead atoms. The van der Waals surface area contributed by atoms with Gasteiger partial charge < -0.3 is 0 Å². The second-order valence-corrected chi connectivity index (χ2v) is 8.81. The molecule has 0 atom stereocenters. The molecule has 0 aliphatic carbocycles. The van der Waals surface area contributed by atoms with E-state index in [1.54, 1.807) is 17.8 Å². The van der Waals surface area contributed by atoms with Crippen molar-refractivity contribution in [3.8, 4) is 0 Å². The monoisotopic (exact) mass is 394 g/mol. The molecule has 4 rings (SSSR count). The minimum atomic E-state index is -3.63. The summed E-state index contributed by atoms with van der Waals surface area (Å²) in [5.74, 6) is 0.220. The average molecular weight is 395 g/mol. The first-order chi connectivity index (χ1) is 12.4.